The summed E-state index contributed by atoms with van der Waals surface area (Å²) in [5, 5.41) is 0. The topological polar surface area (TPSA) is 16.1 Å². The lowest BCUT2D eigenvalue weighted by Crippen LogP contribution is -2.19. The first-order chi connectivity index (χ1) is 6.27. The average Bonchev–Trinajstić information content (AvgIpc) is 2.62. The van der Waals surface area contributed by atoms with Gasteiger partial charge in [-0.25, -0.2) is 4.98 Å². The number of hydrogen-bond acceptors (Lipinski definition) is 2. The zero-order valence-electron chi connectivity index (χ0n) is 7.76. The van der Waals surface area contributed by atoms with E-state index in [9.17, 15) is 0 Å². The fraction of sp³-hybridized carbons (Fsp3) is 0.500. The molecule has 0 spiro atoms. The molecule has 1 aliphatic heterocycles. The molecule has 0 aliphatic carbocycles. The van der Waals surface area contributed by atoms with Gasteiger partial charge in [-0.15, -0.1) is 0 Å². The van der Waals surface area contributed by atoms with Crippen LogP contribution < -0.4 is 4.90 Å². The SMILES string of the molecule is Cc1nc(N2CCCC2)ccc1I. The predicted molar refractivity (Wildman–Crippen MR) is 63.1 cm³/mol. The summed E-state index contributed by atoms with van der Waals surface area (Å²) in [6.07, 6.45) is 2.62. The van der Waals surface area contributed by atoms with Gasteiger partial charge in [0.1, 0.15) is 5.82 Å². The van der Waals surface area contributed by atoms with E-state index in [-0.39, 0.29) is 0 Å². The highest BCUT2D eigenvalue weighted by molar-refractivity contribution is 14.1. The fourth-order valence-electron chi connectivity index (χ4n) is 1.65. The average molecular weight is 288 g/mol. The van der Waals surface area contributed by atoms with Crippen molar-refractivity contribution < 1.29 is 0 Å². The van der Waals surface area contributed by atoms with Crippen LogP contribution in [0.1, 0.15) is 18.5 Å². The molecule has 1 saturated heterocycles. The Morgan fingerprint density at radius 3 is 2.62 bits per heavy atom. The Kier molecular flexibility index (Phi) is 2.71. The van der Waals surface area contributed by atoms with Gasteiger partial charge in [0.2, 0.25) is 0 Å². The Morgan fingerprint density at radius 2 is 2.00 bits per heavy atom. The second kappa shape index (κ2) is 3.82. The van der Waals surface area contributed by atoms with Gasteiger partial charge in [0, 0.05) is 16.7 Å². The number of aromatic nitrogens is 1. The van der Waals surface area contributed by atoms with Crippen LogP contribution in [0, 0.1) is 10.5 Å². The van der Waals surface area contributed by atoms with Gasteiger partial charge in [-0.05, 0) is 54.5 Å². The zero-order valence-corrected chi connectivity index (χ0v) is 9.91. The van der Waals surface area contributed by atoms with Crippen LogP contribution in [-0.2, 0) is 0 Å². The van der Waals surface area contributed by atoms with E-state index < -0.39 is 0 Å². The molecule has 2 nitrogen and oxygen atoms in total. The Hall–Kier alpha value is -0.320. The molecule has 0 N–H and O–H groups in total. The molecule has 0 amide bonds. The molecule has 1 aromatic rings. The Morgan fingerprint density at radius 1 is 1.31 bits per heavy atom. The molecule has 0 radical (unpaired) electrons. The standard InChI is InChI=1S/C10H13IN2/c1-8-9(11)4-5-10(12-8)13-6-2-3-7-13/h4-5H,2-3,6-7H2,1H3. The van der Waals surface area contributed by atoms with E-state index in [4.69, 9.17) is 0 Å². The summed E-state index contributed by atoms with van der Waals surface area (Å²) in [5.74, 6) is 1.15. The van der Waals surface area contributed by atoms with Gasteiger partial charge in [0.25, 0.3) is 0 Å². The summed E-state index contributed by atoms with van der Waals surface area (Å²) < 4.78 is 1.25. The van der Waals surface area contributed by atoms with Crippen LogP contribution in [0.4, 0.5) is 5.82 Å². The van der Waals surface area contributed by atoms with Crippen LogP contribution in [0.5, 0.6) is 0 Å². The van der Waals surface area contributed by atoms with E-state index >= 15 is 0 Å². The fourth-order valence-corrected chi connectivity index (χ4v) is 1.95. The lowest BCUT2D eigenvalue weighted by Gasteiger charge is -2.16. The predicted octanol–water partition coefficient (Wildman–Crippen LogP) is 2.59. The van der Waals surface area contributed by atoms with Crippen LogP contribution in [0.2, 0.25) is 0 Å². The van der Waals surface area contributed by atoms with Gasteiger partial charge in [-0.2, -0.15) is 0 Å². The molecule has 0 saturated carbocycles. The molecule has 1 aromatic heterocycles. The van der Waals surface area contributed by atoms with Gasteiger partial charge in [-0.3, -0.25) is 0 Å². The van der Waals surface area contributed by atoms with Crippen molar-refractivity contribution >= 4 is 28.4 Å². The van der Waals surface area contributed by atoms with Gasteiger partial charge in [-0.1, -0.05) is 0 Å². The molecule has 13 heavy (non-hydrogen) atoms. The maximum Gasteiger partial charge on any atom is 0.128 e. The number of halogens is 1. The maximum atomic E-state index is 4.57. The van der Waals surface area contributed by atoms with Gasteiger partial charge in [0.05, 0.1) is 5.69 Å². The van der Waals surface area contributed by atoms with Crippen molar-refractivity contribution in [2.75, 3.05) is 18.0 Å². The summed E-state index contributed by atoms with van der Waals surface area (Å²) in [7, 11) is 0. The Balaban J connectivity index is 2.25. The smallest absolute Gasteiger partial charge is 0.128 e. The first-order valence-corrected chi connectivity index (χ1v) is 5.73. The van der Waals surface area contributed by atoms with Crippen molar-refractivity contribution in [1.82, 2.24) is 4.98 Å². The van der Waals surface area contributed by atoms with Crippen molar-refractivity contribution in [2.24, 2.45) is 0 Å². The first-order valence-electron chi connectivity index (χ1n) is 4.65. The highest BCUT2D eigenvalue weighted by Gasteiger charge is 2.13. The van der Waals surface area contributed by atoms with Gasteiger partial charge >= 0.3 is 0 Å². The number of aryl methyl sites for hydroxylation is 1. The zero-order chi connectivity index (χ0) is 9.26. The summed E-state index contributed by atoms with van der Waals surface area (Å²) in [4.78, 5) is 6.94. The summed E-state index contributed by atoms with van der Waals surface area (Å²) in [5.41, 5.74) is 1.14. The molecule has 1 aliphatic rings. The van der Waals surface area contributed by atoms with Crippen LogP contribution in [0.3, 0.4) is 0 Å². The molecule has 1 fully saturated rings. The molecule has 0 bridgehead atoms. The monoisotopic (exact) mass is 288 g/mol. The van der Waals surface area contributed by atoms with E-state index in [0.29, 0.717) is 0 Å². The van der Waals surface area contributed by atoms with Crippen molar-refractivity contribution in [3.8, 4) is 0 Å². The molecule has 0 unspecified atom stereocenters. The highest BCUT2D eigenvalue weighted by Crippen LogP contribution is 2.20. The number of anilines is 1. The second-order valence-electron chi connectivity index (χ2n) is 3.43. The van der Waals surface area contributed by atoms with Gasteiger partial charge in [0.15, 0.2) is 0 Å². The Bertz CT molecular complexity index is 306. The molecule has 0 atom stereocenters. The van der Waals surface area contributed by atoms with E-state index in [0.717, 1.165) is 11.5 Å². The van der Waals surface area contributed by atoms with E-state index in [1.807, 2.05) is 0 Å². The molecule has 2 rings (SSSR count). The lowest BCUT2D eigenvalue weighted by atomic mass is 10.3. The minimum absolute atomic E-state index is 1.14. The Labute approximate surface area is 92.5 Å². The summed E-state index contributed by atoms with van der Waals surface area (Å²) >= 11 is 2.32. The number of nitrogens with zero attached hydrogens (tertiary/aromatic N) is 2. The third-order valence-electron chi connectivity index (χ3n) is 2.44. The molecular formula is C10H13IN2. The van der Waals surface area contributed by atoms with Crippen molar-refractivity contribution in [2.45, 2.75) is 19.8 Å². The molecule has 2 heterocycles. The molecule has 3 heteroatoms. The molecule has 70 valence electrons. The van der Waals surface area contributed by atoms with E-state index in [2.05, 4.69) is 51.5 Å². The van der Waals surface area contributed by atoms with Gasteiger partial charge < -0.3 is 4.90 Å². The normalized spacial score (nSPS) is 16.6. The third-order valence-corrected chi connectivity index (χ3v) is 3.58. The van der Waals surface area contributed by atoms with E-state index in [1.165, 1.54) is 29.5 Å². The summed E-state index contributed by atoms with van der Waals surface area (Å²) in [6, 6.07) is 4.27. The number of pyridine rings is 1. The minimum atomic E-state index is 1.14. The number of rotatable bonds is 1. The first kappa shape index (κ1) is 9.24. The summed E-state index contributed by atoms with van der Waals surface area (Å²) in [6.45, 7) is 4.42. The second-order valence-corrected chi connectivity index (χ2v) is 4.59. The van der Waals surface area contributed by atoms with Crippen LogP contribution >= 0.6 is 22.6 Å². The molecular weight excluding hydrogens is 275 g/mol. The van der Waals surface area contributed by atoms with Crippen LogP contribution in [0.15, 0.2) is 12.1 Å². The van der Waals surface area contributed by atoms with Crippen molar-refractivity contribution in [3.05, 3.63) is 21.4 Å². The minimum Gasteiger partial charge on any atom is -0.357 e. The highest BCUT2D eigenvalue weighted by atomic mass is 127. The third kappa shape index (κ3) is 1.95. The molecule has 0 aromatic carbocycles. The quantitative estimate of drug-likeness (QED) is 0.738. The maximum absolute atomic E-state index is 4.57. The largest absolute Gasteiger partial charge is 0.357 e. The van der Waals surface area contributed by atoms with E-state index in [1.54, 1.807) is 0 Å². The number of hydrogen-bond donors (Lipinski definition) is 0. The van der Waals surface area contributed by atoms with Crippen molar-refractivity contribution in [1.29, 1.82) is 0 Å². The van der Waals surface area contributed by atoms with Crippen LogP contribution in [0.25, 0.3) is 0 Å². The lowest BCUT2D eigenvalue weighted by molar-refractivity contribution is 0.927. The van der Waals surface area contributed by atoms with Crippen molar-refractivity contribution in [3.63, 3.8) is 0 Å². The van der Waals surface area contributed by atoms with Crippen LogP contribution in [-0.4, -0.2) is 18.1 Å².